The van der Waals surface area contributed by atoms with Gasteiger partial charge in [-0.3, -0.25) is 0 Å². The van der Waals surface area contributed by atoms with Crippen LogP contribution in [-0.2, 0) is 0 Å². The van der Waals surface area contributed by atoms with E-state index in [-0.39, 0.29) is 18.4 Å². The summed E-state index contributed by atoms with van der Waals surface area (Å²) in [6, 6.07) is 0.0816. The molecule has 0 bridgehead atoms. The Morgan fingerprint density at radius 1 is 1.43 bits per heavy atom. The zero-order chi connectivity index (χ0) is 9.84. The van der Waals surface area contributed by atoms with Gasteiger partial charge in [0.25, 0.3) is 0 Å². The summed E-state index contributed by atoms with van der Waals surface area (Å²) >= 11 is 5.38. The fraction of sp³-hybridized carbons (Fsp3) is 0.900. The van der Waals surface area contributed by atoms with Crippen molar-refractivity contribution in [3.63, 3.8) is 0 Å². The van der Waals surface area contributed by atoms with E-state index >= 15 is 0 Å². The van der Waals surface area contributed by atoms with E-state index in [0.717, 1.165) is 24.5 Å². The van der Waals surface area contributed by atoms with Gasteiger partial charge in [0.15, 0.2) is 0 Å². The van der Waals surface area contributed by atoms with Crippen LogP contribution in [-0.4, -0.2) is 29.0 Å². The van der Waals surface area contributed by atoms with Crippen molar-refractivity contribution in [1.82, 2.24) is 4.90 Å². The highest BCUT2D eigenvalue weighted by atomic mass is 35.5. The maximum absolute atomic E-state index is 6.07. The average molecular weight is 237 g/mol. The summed E-state index contributed by atoms with van der Waals surface area (Å²) in [5, 5.41) is 0. The number of hydrogen-bond donors (Lipinski definition) is 1. The molecule has 0 unspecified atom stereocenters. The molecular formula is C10H21ClN2S. The fourth-order valence-corrected chi connectivity index (χ4v) is 2.06. The molecule has 0 amide bonds. The summed E-state index contributed by atoms with van der Waals surface area (Å²) in [4.78, 5) is 3.25. The third kappa shape index (κ3) is 3.37. The zero-order valence-corrected chi connectivity index (χ0v) is 10.7. The van der Waals surface area contributed by atoms with Crippen LogP contribution in [0.15, 0.2) is 0 Å². The van der Waals surface area contributed by atoms with E-state index in [0.29, 0.717) is 5.92 Å². The van der Waals surface area contributed by atoms with E-state index in [4.69, 9.17) is 18.0 Å². The SMILES string of the molecule is CC[C@@H](C)[C@H](N)C(=S)N1CCCC1.Cl. The maximum Gasteiger partial charge on any atom is 0.0952 e. The molecule has 0 aromatic carbocycles. The smallest absolute Gasteiger partial charge is 0.0952 e. The third-order valence-corrected chi connectivity index (χ3v) is 3.49. The Hall–Kier alpha value is 0.140. The molecule has 14 heavy (non-hydrogen) atoms. The van der Waals surface area contributed by atoms with Gasteiger partial charge in [0.05, 0.1) is 11.0 Å². The first kappa shape index (κ1) is 14.1. The van der Waals surface area contributed by atoms with Gasteiger partial charge in [-0.05, 0) is 18.8 Å². The molecule has 1 aliphatic rings. The van der Waals surface area contributed by atoms with Gasteiger partial charge in [0, 0.05) is 13.1 Å². The van der Waals surface area contributed by atoms with Gasteiger partial charge in [0.1, 0.15) is 0 Å². The zero-order valence-electron chi connectivity index (χ0n) is 9.03. The van der Waals surface area contributed by atoms with Crippen molar-refractivity contribution < 1.29 is 0 Å². The van der Waals surface area contributed by atoms with Crippen molar-refractivity contribution >= 4 is 29.6 Å². The molecule has 4 heteroatoms. The van der Waals surface area contributed by atoms with E-state index in [1.807, 2.05) is 0 Å². The fourth-order valence-electron chi connectivity index (χ4n) is 1.65. The van der Waals surface area contributed by atoms with Crippen molar-refractivity contribution in [3.8, 4) is 0 Å². The summed E-state index contributed by atoms with van der Waals surface area (Å²) in [5.41, 5.74) is 6.07. The van der Waals surface area contributed by atoms with Crippen molar-refractivity contribution in [2.45, 2.75) is 39.2 Å². The van der Waals surface area contributed by atoms with Gasteiger partial charge in [0.2, 0.25) is 0 Å². The molecule has 0 spiro atoms. The Morgan fingerprint density at radius 3 is 2.36 bits per heavy atom. The maximum atomic E-state index is 6.07. The summed E-state index contributed by atoms with van der Waals surface area (Å²) in [7, 11) is 0. The predicted octanol–water partition coefficient (Wildman–Crippen LogP) is 2.20. The van der Waals surface area contributed by atoms with Crippen molar-refractivity contribution in [1.29, 1.82) is 0 Å². The van der Waals surface area contributed by atoms with Crippen LogP contribution >= 0.6 is 24.6 Å². The summed E-state index contributed by atoms with van der Waals surface area (Å²) in [5.74, 6) is 0.507. The van der Waals surface area contributed by atoms with E-state index in [2.05, 4.69) is 18.7 Å². The standard InChI is InChI=1S/C10H20N2S.ClH/c1-3-8(2)9(11)10(13)12-6-4-5-7-12;/h8-9H,3-7,11H2,1-2H3;1H/t8-,9+;/m1./s1. The van der Waals surface area contributed by atoms with E-state index < -0.39 is 0 Å². The molecular weight excluding hydrogens is 216 g/mol. The van der Waals surface area contributed by atoms with Gasteiger partial charge in [-0.1, -0.05) is 32.5 Å². The minimum absolute atomic E-state index is 0. The van der Waals surface area contributed by atoms with Crippen LogP contribution in [0.3, 0.4) is 0 Å². The van der Waals surface area contributed by atoms with Crippen molar-refractivity contribution in [2.24, 2.45) is 11.7 Å². The normalized spacial score (nSPS) is 20.1. The van der Waals surface area contributed by atoms with Gasteiger partial charge in [-0.25, -0.2) is 0 Å². The first-order valence-electron chi connectivity index (χ1n) is 5.21. The molecule has 2 nitrogen and oxygen atoms in total. The highest BCUT2D eigenvalue weighted by Crippen LogP contribution is 2.14. The number of halogens is 1. The second-order valence-electron chi connectivity index (χ2n) is 3.94. The number of thiocarbonyl (C=S) groups is 1. The molecule has 1 rings (SSSR count). The van der Waals surface area contributed by atoms with Crippen LogP contribution in [0.25, 0.3) is 0 Å². The summed E-state index contributed by atoms with van der Waals surface area (Å²) < 4.78 is 0. The lowest BCUT2D eigenvalue weighted by molar-refractivity contribution is 0.453. The Morgan fingerprint density at radius 2 is 1.93 bits per heavy atom. The summed E-state index contributed by atoms with van der Waals surface area (Å²) in [6.07, 6.45) is 3.65. The Balaban J connectivity index is 0.00000169. The molecule has 84 valence electrons. The van der Waals surface area contributed by atoms with Gasteiger partial charge >= 0.3 is 0 Å². The highest BCUT2D eigenvalue weighted by Gasteiger charge is 2.22. The molecule has 1 saturated heterocycles. The highest BCUT2D eigenvalue weighted by molar-refractivity contribution is 7.80. The lowest BCUT2D eigenvalue weighted by Gasteiger charge is -2.26. The van der Waals surface area contributed by atoms with E-state index in [9.17, 15) is 0 Å². The Kier molecular flexibility index (Phi) is 6.66. The second-order valence-corrected chi connectivity index (χ2v) is 4.36. The molecule has 0 saturated carbocycles. The molecule has 1 heterocycles. The third-order valence-electron chi connectivity index (χ3n) is 2.96. The van der Waals surface area contributed by atoms with E-state index in [1.54, 1.807) is 0 Å². The number of nitrogens with zero attached hydrogens (tertiary/aromatic N) is 1. The first-order chi connectivity index (χ1) is 6.16. The average Bonchev–Trinajstić information content (AvgIpc) is 2.67. The number of hydrogen-bond acceptors (Lipinski definition) is 2. The largest absolute Gasteiger partial charge is 0.365 e. The van der Waals surface area contributed by atoms with Crippen LogP contribution in [0.2, 0.25) is 0 Å². The topological polar surface area (TPSA) is 29.3 Å². The molecule has 0 aromatic rings. The Bertz CT molecular complexity index is 181. The van der Waals surface area contributed by atoms with Crippen LogP contribution < -0.4 is 5.73 Å². The molecule has 0 radical (unpaired) electrons. The molecule has 1 aliphatic heterocycles. The van der Waals surface area contributed by atoms with Crippen molar-refractivity contribution in [2.75, 3.05) is 13.1 Å². The molecule has 0 aromatic heterocycles. The quantitative estimate of drug-likeness (QED) is 0.762. The minimum atomic E-state index is 0. The first-order valence-corrected chi connectivity index (χ1v) is 5.62. The summed E-state index contributed by atoms with van der Waals surface area (Å²) in [6.45, 7) is 6.57. The lowest BCUT2D eigenvalue weighted by atomic mass is 10.00. The Labute approximate surface area is 98.6 Å². The molecule has 2 atom stereocenters. The molecule has 0 aliphatic carbocycles. The van der Waals surface area contributed by atoms with Crippen molar-refractivity contribution in [3.05, 3.63) is 0 Å². The minimum Gasteiger partial charge on any atom is -0.365 e. The number of likely N-dealkylation sites (tertiary alicyclic amines) is 1. The predicted molar refractivity (Wildman–Crippen MR) is 68.1 cm³/mol. The number of rotatable bonds is 3. The van der Waals surface area contributed by atoms with Gasteiger partial charge in [-0.2, -0.15) is 0 Å². The van der Waals surface area contributed by atoms with Crippen LogP contribution in [0.4, 0.5) is 0 Å². The second kappa shape index (κ2) is 6.59. The molecule has 2 N–H and O–H groups in total. The van der Waals surface area contributed by atoms with Crippen LogP contribution in [0.5, 0.6) is 0 Å². The van der Waals surface area contributed by atoms with Gasteiger partial charge in [-0.15, -0.1) is 12.4 Å². The van der Waals surface area contributed by atoms with Gasteiger partial charge < -0.3 is 10.6 Å². The monoisotopic (exact) mass is 236 g/mol. The van der Waals surface area contributed by atoms with Crippen LogP contribution in [0, 0.1) is 5.92 Å². The van der Waals surface area contributed by atoms with E-state index in [1.165, 1.54) is 12.8 Å². The molecule has 1 fully saturated rings. The van der Waals surface area contributed by atoms with Crippen LogP contribution in [0.1, 0.15) is 33.1 Å². The lowest BCUT2D eigenvalue weighted by Crippen LogP contribution is -2.44. The number of nitrogens with two attached hydrogens (primary N) is 1.